The highest BCUT2D eigenvalue weighted by Crippen LogP contribution is 2.03. The highest BCUT2D eigenvalue weighted by atomic mass is 16.1. The molecule has 1 amide bonds. The summed E-state index contributed by atoms with van der Waals surface area (Å²) < 4.78 is 0. The van der Waals surface area contributed by atoms with E-state index in [0.29, 0.717) is 25.0 Å². The molecular weight excluding hydrogens is 224 g/mol. The van der Waals surface area contributed by atoms with Crippen LogP contribution in [0.4, 0.5) is 0 Å². The predicted octanol–water partition coefficient (Wildman–Crippen LogP) is 2.33. The molecule has 0 saturated carbocycles. The van der Waals surface area contributed by atoms with Crippen LogP contribution in [0.2, 0.25) is 0 Å². The normalized spacial score (nSPS) is 12.4. The first-order chi connectivity index (χ1) is 8.58. The predicted molar refractivity (Wildman–Crippen MR) is 75.2 cm³/mol. The summed E-state index contributed by atoms with van der Waals surface area (Å²) in [6.45, 7) is 7.48. The van der Waals surface area contributed by atoms with Gasteiger partial charge in [-0.05, 0) is 24.8 Å². The fraction of sp³-hybridized carbons (Fsp3) is 0.533. The minimum atomic E-state index is 0.0504. The van der Waals surface area contributed by atoms with Gasteiger partial charge in [-0.1, -0.05) is 44.2 Å². The molecule has 2 N–H and O–H groups in total. The molecule has 1 aromatic carbocycles. The summed E-state index contributed by atoms with van der Waals surface area (Å²) in [6.07, 6.45) is 1.09. The van der Waals surface area contributed by atoms with Crippen molar-refractivity contribution in [3.05, 3.63) is 35.9 Å². The van der Waals surface area contributed by atoms with Gasteiger partial charge in [-0.2, -0.15) is 0 Å². The second kappa shape index (κ2) is 7.88. The highest BCUT2D eigenvalue weighted by Gasteiger charge is 2.06. The maximum Gasteiger partial charge on any atom is 0.234 e. The Hall–Kier alpha value is -1.35. The minimum Gasteiger partial charge on any atom is -0.351 e. The molecule has 3 nitrogen and oxygen atoms in total. The number of amides is 1. The van der Waals surface area contributed by atoms with Crippen molar-refractivity contribution in [1.29, 1.82) is 0 Å². The van der Waals surface area contributed by atoms with Gasteiger partial charge >= 0.3 is 0 Å². The molecule has 1 unspecified atom stereocenters. The first-order valence-corrected chi connectivity index (χ1v) is 6.62. The van der Waals surface area contributed by atoms with Gasteiger partial charge in [0.2, 0.25) is 5.91 Å². The van der Waals surface area contributed by atoms with E-state index in [4.69, 9.17) is 0 Å². The van der Waals surface area contributed by atoms with Crippen LogP contribution in [-0.4, -0.2) is 18.5 Å². The van der Waals surface area contributed by atoms with Crippen LogP contribution >= 0.6 is 0 Å². The summed E-state index contributed by atoms with van der Waals surface area (Å²) in [5.41, 5.74) is 1.13. The van der Waals surface area contributed by atoms with E-state index in [9.17, 15) is 4.79 Å². The lowest BCUT2D eigenvalue weighted by molar-refractivity contribution is -0.120. The highest BCUT2D eigenvalue weighted by molar-refractivity contribution is 5.77. The summed E-state index contributed by atoms with van der Waals surface area (Å²) in [6, 6.07) is 10.3. The van der Waals surface area contributed by atoms with Gasteiger partial charge in [0.25, 0.3) is 0 Å². The largest absolute Gasteiger partial charge is 0.351 e. The van der Waals surface area contributed by atoms with Crippen LogP contribution in [0.15, 0.2) is 30.3 Å². The van der Waals surface area contributed by atoms with E-state index >= 15 is 0 Å². The molecule has 18 heavy (non-hydrogen) atoms. The van der Waals surface area contributed by atoms with Crippen molar-refractivity contribution < 1.29 is 4.79 Å². The van der Waals surface area contributed by atoms with Crippen molar-refractivity contribution in [2.75, 3.05) is 6.54 Å². The first kappa shape index (κ1) is 14.7. The summed E-state index contributed by atoms with van der Waals surface area (Å²) >= 11 is 0. The third kappa shape index (κ3) is 6.40. The van der Waals surface area contributed by atoms with Crippen LogP contribution in [0.25, 0.3) is 0 Å². The van der Waals surface area contributed by atoms with Crippen molar-refractivity contribution in [2.45, 2.75) is 39.8 Å². The van der Waals surface area contributed by atoms with E-state index in [-0.39, 0.29) is 5.91 Å². The topological polar surface area (TPSA) is 41.1 Å². The van der Waals surface area contributed by atoms with E-state index in [2.05, 4.69) is 31.4 Å². The van der Waals surface area contributed by atoms with Crippen LogP contribution in [0.1, 0.15) is 32.8 Å². The Balaban J connectivity index is 2.18. The van der Waals surface area contributed by atoms with Crippen LogP contribution < -0.4 is 10.6 Å². The number of hydrogen-bond donors (Lipinski definition) is 2. The molecule has 1 rings (SSSR count). The molecule has 0 aliphatic carbocycles. The Labute approximate surface area is 110 Å². The molecule has 0 bridgehead atoms. The van der Waals surface area contributed by atoms with Crippen LogP contribution in [0.5, 0.6) is 0 Å². The molecule has 0 radical (unpaired) electrons. The number of carbonyl (C=O) groups excluding carboxylic acids is 1. The van der Waals surface area contributed by atoms with Crippen molar-refractivity contribution in [3.8, 4) is 0 Å². The molecule has 0 spiro atoms. The Kier molecular flexibility index (Phi) is 6.44. The van der Waals surface area contributed by atoms with Crippen LogP contribution in [0, 0.1) is 5.92 Å². The van der Waals surface area contributed by atoms with E-state index < -0.39 is 0 Å². The Morgan fingerprint density at radius 2 is 1.83 bits per heavy atom. The third-order valence-electron chi connectivity index (χ3n) is 2.77. The van der Waals surface area contributed by atoms with Gasteiger partial charge in [-0.15, -0.1) is 0 Å². The first-order valence-electron chi connectivity index (χ1n) is 6.62. The molecular formula is C15H24N2O. The smallest absolute Gasteiger partial charge is 0.234 e. The Morgan fingerprint density at radius 3 is 2.44 bits per heavy atom. The maximum atomic E-state index is 11.6. The second-order valence-corrected chi connectivity index (χ2v) is 5.17. The van der Waals surface area contributed by atoms with Crippen molar-refractivity contribution in [2.24, 2.45) is 5.92 Å². The summed E-state index contributed by atoms with van der Waals surface area (Å²) in [7, 11) is 0. The lowest BCUT2D eigenvalue weighted by Crippen LogP contribution is -2.38. The van der Waals surface area contributed by atoms with E-state index in [1.54, 1.807) is 0 Å². The molecule has 100 valence electrons. The standard InChI is InChI=1S/C15H24N2O/c1-12(2)9-13(3)16-11-15(18)17-10-14-7-5-4-6-8-14/h4-8,12-13,16H,9-11H2,1-3H3,(H,17,18). The quantitative estimate of drug-likeness (QED) is 0.777. The average molecular weight is 248 g/mol. The van der Waals surface area contributed by atoms with E-state index in [0.717, 1.165) is 12.0 Å². The van der Waals surface area contributed by atoms with Crippen molar-refractivity contribution >= 4 is 5.91 Å². The summed E-state index contributed by atoms with van der Waals surface area (Å²) in [5, 5.41) is 6.14. The maximum absolute atomic E-state index is 11.6. The molecule has 0 saturated heterocycles. The van der Waals surface area contributed by atoms with Gasteiger partial charge in [0, 0.05) is 12.6 Å². The molecule has 0 aliphatic rings. The van der Waals surface area contributed by atoms with E-state index in [1.807, 2.05) is 30.3 Å². The lowest BCUT2D eigenvalue weighted by Gasteiger charge is -2.15. The second-order valence-electron chi connectivity index (χ2n) is 5.17. The Bertz CT molecular complexity index is 349. The minimum absolute atomic E-state index is 0.0504. The summed E-state index contributed by atoms with van der Waals surface area (Å²) in [4.78, 5) is 11.6. The van der Waals surface area contributed by atoms with Gasteiger partial charge in [-0.25, -0.2) is 0 Å². The number of carbonyl (C=O) groups is 1. The monoisotopic (exact) mass is 248 g/mol. The Morgan fingerprint density at radius 1 is 1.17 bits per heavy atom. The van der Waals surface area contributed by atoms with Crippen LogP contribution in [0.3, 0.4) is 0 Å². The zero-order chi connectivity index (χ0) is 13.4. The molecule has 3 heteroatoms. The number of nitrogens with one attached hydrogen (secondary N) is 2. The van der Waals surface area contributed by atoms with Gasteiger partial charge < -0.3 is 10.6 Å². The zero-order valence-electron chi connectivity index (χ0n) is 11.6. The fourth-order valence-electron chi connectivity index (χ4n) is 1.92. The molecule has 0 fully saturated rings. The molecule has 1 atom stereocenters. The van der Waals surface area contributed by atoms with Gasteiger partial charge in [0.1, 0.15) is 0 Å². The van der Waals surface area contributed by atoms with Gasteiger partial charge in [0.15, 0.2) is 0 Å². The molecule has 0 heterocycles. The van der Waals surface area contributed by atoms with Crippen molar-refractivity contribution in [1.82, 2.24) is 10.6 Å². The summed E-state index contributed by atoms with van der Waals surface area (Å²) in [5.74, 6) is 0.703. The van der Waals surface area contributed by atoms with Crippen molar-refractivity contribution in [3.63, 3.8) is 0 Å². The number of hydrogen-bond acceptors (Lipinski definition) is 2. The average Bonchev–Trinajstić information content (AvgIpc) is 2.34. The third-order valence-corrected chi connectivity index (χ3v) is 2.77. The lowest BCUT2D eigenvalue weighted by atomic mass is 10.1. The van der Waals surface area contributed by atoms with Gasteiger partial charge in [0.05, 0.1) is 6.54 Å². The molecule has 1 aromatic rings. The number of rotatable bonds is 7. The van der Waals surface area contributed by atoms with Crippen LogP contribution in [-0.2, 0) is 11.3 Å². The zero-order valence-corrected chi connectivity index (χ0v) is 11.6. The molecule has 0 aliphatic heterocycles. The number of benzene rings is 1. The molecule has 0 aromatic heterocycles. The van der Waals surface area contributed by atoms with E-state index in [1.165, 1.54) is 0 Å². The fourth-order valence-corrected chi connectivity index (χ4v) is 1.92. The van der Waals surface area contributed by atoms with Gasteiger partial charge in [-0.3, -0.25) is 4.79 Å². The SMILES string of the molecule is CC(C)CC(C)NCC(=O)NCc1ccccc1.